The third kappa shape index (κ3) is 3.52. The van der Waals surface area contributed by atoms with Gasteiger partial charge in [-0.2, -0.15) is 25.9 Å². The summed E-state index contributed by atoms with van der Waals surface area (Å²) in [6.45, 7) is 0. The van der Waals surface area contributed by atoms with Crippen molar-refractivity contribution in [1.82, 2.24) is 4.98 Å². The minimum atomic E-state index is -0.845. The maximum atomic E-state index is 8.89. The Kier molecular flexibility index (Phi) is 4.42. The molecule has 1 N–H and O–H groups in total. The fourth-order valence-electron chi connectivity index (χ4n) is 1.60. The first-order chi connectivity index (χ1) is 10.3. The normalized spacial score (nSPS) is 11.5. The Bertz CT molecular complexity index is 721. The topological polar surface area (TPSA) is 121 Å². The molecule has 0 amide bonds. The molecule has 0 saturated heterocycles. The van der Waals surface area contributed by atoms with Gasteiger partial charge in [0.1, 0.15) is 0 Å². The molecule has 1 aromatic carbocycles. The smallest absolute Gasteiger partial charge is 0.222 e. The van der Waals surface area contributed by atoms with Crippen LogP contribution >= 0.6 is 0 Å². The highest BCUT2D eigenvalue weighted by Crippen LogP contribution is 2.22. The van der Waals surface area contributed by atoms with Crippen LogP contribution in [0.5, 0.6) is 0 Å². The number of rotatable bonds is 4. The third-order valence-electron chi connectivity index (χ3n) is 2.53. The van der Waals surface area contributed by atoms with Crippen molar-refractivity contribution < 1.29 is 0 Å². The number of nitrogens with one attached hydrogen (secondary N) is 1. The summed E-state index contributed by atoms with van der Waals surface area (Å²) in [5.74, 6) is 0. The molecule has 7 nitrogen and oxygen atoms in total. The van der Waals surface area contributed by atoms with Gasteiger partial charge < -0.3 is 0 Å². The Morgan fingerprint density at radius 3 is 2.33 bits per heavy atom. The number of benzene rings is 1. The first-order valence-electron chi connectivity index (χ1n) is 5.90. The molecule has 2 aromatic rings. The van der Waals surface area contributed by atoms with E-state index in [0.29, 0.717) is 22.5 Å². The van der Waals surface area contributed by atoms with Gasteiger partial charge in [0.05, 0.1) is 34.6 Å². The second-order valence-electron chi connectivity index (χ2n) is 3.97. The highest BCUT2D eigenvalue weighted by Gasteiger charge is 2.09. The summed E-state index contributed by atoms with van der Waals surface area (Å²) >= 11 is 0. The lowest BCUT2D eigenvalue weighted by atomic mass is 10.1. The van der Waals surface area contributed by atoms with Crippen LogP contribution in [0.15, 0.2) is 57.9 Å². The summed E-state index contributed by atoms with van der Waals surface area (Å²) in [6.07, 6.45) is 0.732. The molecule has 0 fully saturated rings. The molecule has 100 valence electrons. The van der Waals surface area contributed by atoms with E-state index in [2.05, 4.69) is 20.3 Å². The first-order valence-corrected chi connectivity index (χ1v) is 5.90. The van der Waals surface area contributed by atoms with E-state index in [9.17, 15) is 0 Å². The molecular formula is C14H9N7. The maximum Gasteiger partial charge on any atom is 0.222 e. The van der Waals surface area contributed by atoms with Gasteiger partial charge in [-0.05, 0) is 30.3 Å². The number of aromatic nitrogens is 1. The fraction of sp³-hybridized carbons (Fsp3) is 0.0714. The number of hydrogen-bond donors (Lipinski definition) is 1. The molecule has 0 aliphatic heterocycles. The van der Waals surface area contributed by atoms with Gasteiger partial charge >= 0.3 is 0 Å². The second-order valence-corrected chi connectivity index (χ2v) is 3.97. The van der Waals surface area contributed by atoms with Crippen LogP contribution in [-0.4, -0.2) is 4.98 Å². The van der Waals surface area contributed by atoms with E-state index in [4.69, 9.17) is 16.1 Å². The lowest BCUT2D eigenvalue weighted by Crippen LogP contribution is -1.92. The number of nitrogens with zero attached hydrogens (tertiary/aromatic N) is 6. The molecule has 7 heteroatoms. The van der Waals surface area contributed by atoms with Gasteiger partial charge in [0.15, 0.2) is 0 Å². The molecule has 1 unspecified atom stereocenters. The van der Waals surface area contributed by atoms with Crippen molar-refractivity contribution in [3.05, 3.63) is 59.4 Å². The van der Waals surface area contributed by atoms with Crippen molar-refractivity contribution in [2.75, 3.05) is 0 Å². The standard InChI is InChI=1S/C14H9N7/c15-8-10-5-11(9-16)7-12(6-10)20-21-14(19-17)13-3-1-2-4-18-13/h1-7,14,17H. The molecule has 0 bridgehead atoms. The first kappa shape index (κ1) is 14.0. The Hall–Kier alpha value is -3.45. The lowest BCUT2D eigenvalue weighted by Gasteiger charge is -2.02. The van der Waals surface area contributed by atoms with E-state index in [1.165, 1.54) is 18.2 Å². The number of hydrogen-bond acceptors (Lipinski definition) is 7. The lowest BCUT2D eigenvalue weighted by molar-refractivity contribution is 0.647. The molecule has 1 heterocycles. The molecule has 0 radical (unpaired) electrons. The second kappa shape index (κ2) is 6.64. The fourth-order valence-corrected chi connectivity index (χ4v) is 1.60. The van der Waals surface area contributed by atoms with Gasteiger partial charge in [-0.15, -0.1) is 0 Å². The van der Waals surface area contributed by atoms with Crippen LogP contribution in [0.25, 0.3) is 0 Å². The van der Waals surface area contributed by atoms with Crippen molar-refractivity contribution in [1.29, 1.82) is 16.1 Å². The maximum absolute atomic E-state index is 8.89. The van der Waals surface area contributed by atoms with Gasteiger partial charge in [-0.1, -0.05) is 6.07 Å². The molecule has 0 aliphatic rings. The van der Waals surface area contributed by atoms with E-state index in [1.807, 2.05) is 12.1 Å². The van der Waals surface area contributed by atoms with Gasteiger partial charge in [-0.25, -0.2) is 5.53 Å². The molecule has 0 spiro atoms. The van der Waals surface area contributed by atoms with E-state index < -0.39 is 6.17 Å². The van der Waals surface area contributed by atoms with Crippen molar-refractivity contribution in [3.63, 3.8) is 0 Å². The van der Waals surface area contributed by atoms with Gasteiger partial charge in [0.2, 0.25) is 6.17 Å². The summed E-state index contributed by atoms with van der Waals surface area (Å²) in [5.41, 5.74) is 8.64. The van der Waals surface area contributed by atoms with Crippen LogP contribution in [-0.2, 0) is 0 Å². The Morgan fingerprint density at radius 2 is 1.81 bits per heavy atom. The third-order valence-corrected chi connectivity index (χ3v) is 2.53. The molecule has 1 aromatic heterocycles. The predicted molar refractivity (Wildman–Crippen MR) is 72.5 cm³/mol. The van der Waals surface area contributed by atoms with Crippen molar-refractivity contribution >= 4 is 5.69 Å². The number of pyridine rings is 1. The van der Waals surface area contributed by atoms with Gasteiger partial charge in [0, 0.05) is 6.20 Å². The summed E-state index contributed by atoms with van der Waals surface area (Å²) in [4.78, 5) is 4.06. The number of azo groups is 1. The van der Waals surface area contributed by atoms with Crippen molar-refractivity contribution in [2.45, 2.75) is 6.17 Å². The van der Waals surface area contributed by atoms with E-state index >= 15 is 0 Å². The van der Waals surface area contributed by atoms with Crippen LogP contribution in [0.4, 0.5) is 5.69 Å². The summed E-state index contributed by atoms with van der Waals surface area (Å²) in [5, 5.41) is 29.0. The monoisotopic (exact) mass is 275 g/mol. The van der Waals surface area contributed by atoms with Crippen LogP contribution in [0, 0.1) is 28.2 Å². The zero-order valence-electron chi connectivity index (χ0n) is 10.8. The molecule has 2 rings (SSSR count). The van der Waals surface area contributed by atoms with E-state index in [0.717, 1.165) is 0 Å². The van der Waals surface area contributed by atoms with E-state index in [-0.39, 0.29) is 0 Å². The number of nitriles is 2. The Morgan fingerprint density at radius 1 is 1.10 bits per heavy atom. The molecule has 21 heavy (non-hydrogen) atoms. The van der Waals surface area contributed by atoms with Crippen molar-refractivity contribution in [3.8, 4) is 12.1 Å². The summed E-state index contributed by atoms with van der Waals surface area (Å²) in [6, 6.07) is 13.6. The van der Waals surface area contributed by atoms with E-state index in [1.54, 1.807) is 24.4 Å². The van der Waals surface area contributed by atoms with Crippen molar-refractivity contribution in [2.24, 2.45) is 15.3 Å². The Balaban J connectivity index is 2.30. The quantitative estimate of drug-likeness (QED) is 0.857. The van der Waals surface area contributed by atoms with Gasteiger partial charge in [-0.3, -0.25) is 4.98 Å². The van der Waals surface area contributed by atoms with Gasteiger partial charge in [0.25, 0.3) is 0 Å². The zero-order valence-corrected chi connectivity index (χ0v) is 10.8. The average molecular weight is 275 g/mol. The minimum Gasteiger partial charge on any atom is -0.257 e. The molecule has 1 atom stereocenters. The summed E-state index contributed by atoms with van der Waals surface area (Å²) < 4.78 is 0. The van der Waals surface area contributed by atoms with Crippen LogP contribution in [0.1, 0.15) is 23.0 Å². The average Bonchev–Trinajstić information content (AvgIpc) is 2.56. The van der Waals surface area contributed by atoms with Crippen LogP contribution < -0.4 is 0 Å². The highest BCUT2D eigenvalue weighted by molar-refractivity contribution is 5.51. The predicted octanol–water partition coefficient (Wildman–Crippen LogP) is 3.64. The zero-order chi connectivity index (χ0) is 15.1. The Labute approximate surface area is 120 Å². The largest absolute Gasteiger partial charge is 0.257 e. The minimum absolute atomic E-state index is 0.320. The summed E-state index contributed by atoms with van der Waals surface area (Å²) in [7, 11) is 0. The molecule has 0 aliphatic carbocycles. The highest BCUT2D eigenvalue weighted by atomic mass is 15.2. The van der Waals surface area contributed by atoms with Crippen LogP contribution in [0.3, 0.4) is 0 Å². The SMILES string of the molecule is N#Cc1cc(C#N)cc(N=NC(N=N)c2ccccn2)c1. The molecular weight excluding hydrogens is 266 g/mol. The molecule has 0 saturated carbocycles. The van der Waals surface area contributed by atoms with Crippen LogP contribution in [0.2, 0.25) is 0 Å².